The maximum Gasteiger partial charge on any atom is 0.191 e. The Balaban J connectivity index is 2.55. The number of ether oxygens (including phenoxy) is 7. The molecular weight excluding hydrogens is 316 g/mol. The van der Waals surface area contributed by atoms with Crippen LogP contribution in [-0.4, -0.2) is 60.8 Å². The van der Waals surface area contributed by atoms with Crippen LogP contribution in [0.5, 0.6) is 11.5 Å². The second-order valence-electron chi connectivity index (χ2n) is 5.45. The van der Waals surface area contributed by atoms with Gasteiger partial charge in [-0.3, -0.25) is 0 Å². The van der Waals surface area contributed by atoms with Gasteiger partial charge in [-0.1, -0.05) is 0 Å². The highest BCUT2D eigenvalue weighted by atomic mass is 16.7. The third kappa shape index (κ3) is 3.10. The lowest BCUT2D eigenvalue weighted by molar-refractivity contribution is -0.323. The summed E-state index contributed by atoms with van der Waals surface area (Å²) in [5.74, 6) is 1.49. The predicted molar refractivity (Wildman–Crippen MR) is 86.4 cm³/mol. The summed E-state index contributed by atoms with van der Waals surface area (Å²) < 4.78 is 39.1. The van der Waals surface area contributed by atoms with Gasteiger partial charge in [0.25, 0.3) is 0 Å². The van der Waals surface area contributed by atoms with E-state index in [1.807, 2.05) is 12.1 Å². The minimum Gasteiger partial charge on any atom is -0.496 e. The Morgan fingerprint density at radius 1 is 0.792 bits per heavy atom. The molecule has 0 atom stereocenters. The monoisotopic (exact) mass is 342 g/mol. The van der Waals surface area contributed by atoms with E-state index in [9.17, 15) is 0 Å². The standard InChI is InChI=1S/C17H26O7/c1-18-13-7-8-14(19-2)12-10-24-17(9-11(12)13,15(20-3)21-4)16(22-5)23-6/h7-8,15-16H,9-10H2,1-6H3. The van der Waals surface area contributed by atoms with Crippen LogP contribution in [-0.2, 0) is 36.7 Å². The van der Waals surface area contributed by atoms with Crippen molar-refractivity contribution in [2.75, 3.05) is 42.7 Å². The van der Waals surface area contributed by atoms with Gasteiger partial charge in [0.15, 0.2) is 18.2 Å². The Bertz CT molecular complexity index is 526. The van der Waals surface area contributed by atoms with Gasteiger partial charge >= 0.3 is 0 Å². The maximum absolute atomic E-state index is 6.19. The van der Waals surface area contributed by atoms with Gasteiger partial charge in [0.2, 0.25) is 0 Å². The Morgan fingerprint density at radius 2 is 1.25 bits per heavy atom. The molecule has 7 heteroatoms. The van der Waals surface area contributed by atoms with E-state index < -0.39 is 18.2 Å². The van der Waals surface area contributed by atoms with Gasteiger partial charge in [0.1, 0.15) is 11.5 Å². The van der Waals surface area contributed by atoms with Crippen molar-refractivity contribution in [3.8, 4) is 11.5 Å². The molecular formula is C17H26O7. The van der Waals surface area contributed by atoms with E-state index in [-0.39, 0.29) is 0 Å². The molecule has 0 fully saturated rings. The zero-order valence-corrected chi connectivity index (χ0v) is 15.1. The summed E-state index contributed by atoms with van der Waals surface area (Å²) in [5.41, 5.74) is 0.908. The van der Waals surface area contributed by atoms with Crippen LogP contribution in [0.2, 0.25) is 0 Å². The molecule has 0 aliphatic carbocycles. The van der Waals surface area contributed by atoms with E-state index >= 15 is 0 Å². The van der Waals surface area contributed by atoms with E-state index in [2.05, 4.69) is 0 Å². The largest absolute Gasteiger partial charge is 0.496 e. The molecule has 24 heavy (non-hydrogen) atoms. The highest BCUT2D eigenvalue weighted by Gasteiger charge is 2.52. The van der Waals surface area contributed by atoms with E-state index in [0.29, 0.717) is 13.0 Å². The van der Waals surface area contributed by atoms with Crippen LogP contribution in [0.4, 0.5) is 0 Å². The number of rotatable bonds is 8. The smallest absolute Gasteiger partial charge is 0.191 e. The van der Waals surface area contributed by atoms with Crippen molar-refractivity contribution in [2.45, 2.75) is 31.2 Å². The SMILES string of the molecule is COc1ccc(OC)c2c1COC(C(OC)OC)(C(OC)OC)C2. The Labute approximate surface area is 142 Å². The molecule has 0 amide bonds. The van der Waals surface area contributed by atoms with Gasteiger partial charge in [-0.2, -0.15) is 0 Å². The molecule has 0 saturated carbocycles. The van der Waals surface area contributed by atoms with Gasteiger partial charge in [-0.05, 0) is 12.1 Å². The lowest BCUT2D eigenvalue weighted by Crippen LogP contribution is -2.60. The van der Waals surface area contributed by atoms with Crippen molar-refractivity contribution in [3.05, 3.63) is 23.3 Å². The fourth-order valence-corrected chi connectivity index (χ4v) is 3.32. The Morgan fingerprint density at radius 3 is 1.67 bits per heavy atom. The van der Waals surface area contributed by atoms with Gasteiger partial charge in [-0.25, -0.2) is 0 Å². The molecule has 2 rings (SSSR count). The lowest BCUT2D eigenvalue weighted by Gasteiger charge is -2.45. The number of hydrogen-bond donors (Lipinski definition) is 0. The van der Waals surface area contributed by atoms with Gasteiger partial charge in [0.05, 0.1) is 20.8 Å². The minimum absolute atomic E-state index is 0.294. The minimum atomic E-state index is -0.986. The molecule has 0 N–H and O–H groups in total. The van der Waals surface area contributed by atoms with Crippen LogP contribution in [0, 0.1) is 0 Å². The summed E-state index contributed by atoms with van der Waals surface area (Å²) in [4.78, 5) is 0. The van der Waals surface area contributed by atoms with Crippen LogP contribution in [0.3, 0.4) is 0 Å². The molecule has 0 aromatic heterocycles. The molecule has 7 nitrogen and oxygen atoms in total. The van der Waals surface area contributed by atoms with Crippen LogP contribution >= 0.6 is 0 Å². The van der Waals surface area contributed by atoms with Crippen LogP contribution < -0.4 is 9.47 Å². The predicted octanol–water partition coefficient (Wildman–Crippen LogP) is 1.75. The topological polar surface area (TPSA) is 64.6 Å². The van der Waals surface area contributed by atoms with Crippen molar-refractivity contribution in [3.63, 3.8) is 0 Å². The molecule has 0 spiro atoms. The van der Waals surface area contributed by atoms with Crippen LogP contribution in [0.15, 0.2) is 12.1 Å². The molecule has 1 aromatic carbocycles. The number of fused-ring (bicyclic) bond motifs is 1. The number of methoxy groups -OCH3 is 6. The molecule has 0 saturated heterocycles. The highest BCUT2D eigenvalue weighted by Crippen LogP contribution is 2.43. The second-order valence-corrected chi connectivity index (χ2v) is 5.45. The molecule has 1 aromatic rings. The van der Waals surface area contributed by atoms with Crippen molar-refractivity contribution >= 4 is 0 Å². The van der Waals surface area contributed by atoms with Crippen LogP contribution in [0.25, 0.3) is 0 Å². The summed E-state index contributed by atoms with van der Waals surface area (Å²) in [6.07, 6.45) is -0.959. The zero-order chi connectivity index (χ0) is 17.7. The van der Waals surface area contributed by atoms with E-state index in [1.54, 1.807) is 42.7 Å². The molecule has 0 bridgehead atoms. The van der Waals surface area contributed by atoms with E-state index in [1.165, 1.54) is 0 Å². The first-order valence-corrected chi connectivity index (χ1v) is 7.59. The Kier molecular flexibility index (Phi) is 6.42. The summed E-state index contributed by atoms with van der Waals surface area (Å²) >= 11 is 0. The first kappa shape index (κ1) is 19.0. The Hall–Kier alpha value is -1.38. The first-order valence-electron chi connectivity index (χ1n) is 7.59. The van der Waals surface area contributed by atoms with Crippen molar-refractivity contribution in [2.24, 2.45) is 0 Å². The number of hydrogen-bond acceptors (Lipinski definition) is 7. The van der Waals surface area contributed by atoms with Crippen molar-refractivity contribution in [1.29, 1.82) is 0 Å². The zero-order valence-electron chi connectivity index (χ0n) is 15.1. The summed E-state index contributed by atoms with van der Waals surface area (Å²) in [6.45, 7) is 0.294. The van der Waals surface area contributed by atoms with Gasteiger partial charge in [0, 0.05) is 46.0 Å². The maximum atomic E-state index is 6.19. The first-order chi connectivity index (χ1) is 11.6. The van der Waals surface area contributed by atoms with Crippen LogP contribution in [0.1, 0.15) is 11.1 Å². The fourth-order valence-electron chi connectivity index (χ4n) is 3.32. The average molecular weight is 342 g/mol. The van der Waals surface area contributed by atoms with Crippen molar-refractivity contribution < 1.29 is 33.2 Å². The third-order valence-electron chi connectivity index (χ3n) is 4.38. The number of benzene rings is 1. The van der Waals surface area contributed by atoms with E-state index in [4.69, 9.17) is 33.2 Å². The summed E-state index contributed by atoms with van der Waals surface area (Å²) in [7, 11) is 9.48. The molecule has 1 aliphatic rings. The molecule has 0 radical (unpaired) electrons. The molecule has 136 valence electrons. The lowest BCUT2D eigenvalue weighted by atomic mass is 9.86. The third-order valence-corrected chi connectivity index (χ3v) is 4.38. The second kappa shape index (κ2) is 8.13. The summed E-state index contributed by atoms with van der Waals surface area (Å²) in [5, 5.41) is 0. The van der Waals surface area contributed by atoms with Gasteiger partial charge < -0.3 is 33.2 Å². The highest BCUT2D eigenvalue weighted by molar-refractivity contribution is 5.50. The molecule has 1 heterocycles. The summed E-state index contributed by atoms with van der Waals surface area (Å²) in [6, 6.07) is 3.74. The average Bonchev–Trinajstić information content (AvgIpc) is 2.62. The molecule has 1 aliphatic heterocycles. The van der Waals surface area contributed by atoms with Crippen molar-refractivity contribution in [1.82, 2.24) is 0 Å². The molecule has 0 unspecified atom stereocenters. The van der Waals surface area contributed by atoms with E-state index in [0.717, 1.165) is 22.6 Å². The normalized spacial score (nSPS) is 16.3. The fraction of sp³-hybridized carbons (Fsp3) is 0.647. The quantitative estimate of drug-likeness (QED) is 0.667. The van der Waals surface area contributed by atoms with Gasteiger partial charge in [-0.15, -0.1) is 0 Å².